The van der Waals surface area contributed by atoms with Crippen LogP contribution >= 0.6 is 47.2 Å². The lowest BCUT2D eigenvalue weighted by Crippen LogP contribution is -2.38. The van der Waals surface area contributed by atoms with Crippen LogP contribution in [0.15, 0.2) is 41.4 Å². The highest BCUT2D eigenvalue weighted by Crippen LogP contribution is 2.20. The monoisotopic (exact) mass is 521 g/mol. The molecule has 1 aromatic heterocycles. The number of rotatable bonds is 6. The van der Waals surface area contributed by atoms with E-state index in [1.165, 1.54) is 0 Å². The van der Waals surface area contributed by atoms with Crippen LogP contribution in [0.2, 0.25) is 10.0 Å². The standard InChI is InChI=1S/C18H21Cl2N5O.HI/c1-12-4-3-5-16(24-12)25-17(26)8-9-22-18(21-2)23-11-13-6-7-14(19)10-15(13)20;/h3-7,10H,8-9,11H2,1-2H3,(H2,21,22,23)(H,24,25,26);1H. The number of hydrogen-bond donors (Lipinski definition) is 3. The van der Waals surface area contributed by atoms with Gasteiger partial charge in [-0.2, -0.15) is 0 Å². The van der Waals surface area contributed by atoms with Crippen LogP contribution in [0.25, 0.3) is 0 Å². The fraction of sp³-hybridized carbons (Fsp3) is 0.278. The topological polar surface area (TPSA) is 78.4 Å². The lowest BCUT2D eigenvalue weighted by atomic mass is 10.2. The third-order valence-corrected chi connectivity index (χ3v) is 4.07. The molecule has 0 unspecified atom stereocenters. The highest BCUT2D eigenvalue weighted by atomic mass is 127. The molecule has 1 amide bonds. The lowest BCUT2D eigenvalue weighted by Gasteiger charge is -2.13. The van der Waals surface area contributed by atoms with Gasteiger partial charge in [0.05, 0.1) is 0 Å². The minimum atomic E-state index is -0.119. The number of benzene rings is 1. The Bertz CT molecular complexity index is 801. The molecule has 6 nitrogen and oxygen atoms in total. The van der Waals surface area contributed by atoms with Gasteiger partial charge < -0.3 is 16.0 Å². The number of hydrogen-bond acceptors (Lipinski definition) is 3. The Hall–Kier alpha value is -1.58. The van der Waals surface area contributed by atoms with Crippen LogP contribution in [0.3, 0.4) is 0 Å². The van der Waals surface area contributed by atoms with Crippen molar-refractivity contribution in [2.45, 2.75) is 19.9 Å². The zero-order chi connectivity index (χ0) is 18.9. The van der Waals surface area contributed by atoms with Crippen LogP contribution in [-0.4, -0.2) is 30.4 Å². The fourth-order valence-electron chi connectivity index (χ4n) is 2.18. The molecule has 0 radical (unpaired) electrons. The molecule has 0 aliphatic heterocycles. The van der Waals surface area contributed by atoms with E-state index in [1.807, 2.05) is 25.1 Å². The third-order valence-electron chi connectivity index (χ3n) is 3.49. The minimum Gasteiger partial charge on any atom is -0.356 e. The summed E-state index contributed by atoms with van der Waals surface area (Å²) in [5.41, 5.74) is 1.76. The zero-order valence-corrected chi connectivity index (χ0v) is 18.9. The molecule has 9 heteroatoms. The molecule has 1 aromatic carbocycles. The SMILES string of the molecule is CN=C(NCCC(=O)Nc1cccc(C)n1)NCc1ccc(Cl)cc1Cl.I. The molecule has 146 valence electrons. The van der Waals surface area contributed by atoms with E-state index in [2.05, 4.69) is 25.9 Å². The van der Waals surface area contributed by atoms with Gasteiger partial charge in [-0.05, 0) is 36.8 Å². The summed E-state index contributed by atoms with van der Waals surface area (Å²) >= 11 is 12.0. The normalized spacial score (nSPS) is 10.7. The highest BCUT2D eigenvalue weighted by molar-refractivity contribution is 14.0. The Morgan fingerprint density at radius 1 is 1.19 bits per heavy atom. The van der Waals surface area contributed by atoms with Gasteiger partial charge in [-0.25, -0.2) is 4.98 Å². The Labute approximate surface area is 186 Å². The molecule has 0 fully saturated rings. The number of aryl methyl sites for hydroxylation is 1. The van der Waals surface area contributed by atoms with E-state index in [4.69, 9.17) is 23.2 Å². The summed E-state index contributed by atoms with van der Waals surface area (Å²) in [6.45, 7) is 2.81. The van der Waals surface area contributed by atoms with Gasteiger partial charge in [0.15, 0.2) is 5.96 Å². The first-order chi connectivity index (χ1) is 12.5. The van der Waals surface area contributed by atoms with Crippen molar-refractivity contribution in [3.63, 3.8) is 0 Å². The second kappa shape index (κ2) is 12.0. The second-order valence-corrected chi connectivity index (χ2v) is 6.39. The number of guanidine groups is 1. The Balaban J connectivity index is 0.00000364. The molecule has 0 saturated heterocycles. The van der Waals surface area contributed by atoms with Gasteiger partial charge in [0.25, 0.3) is 0 Å². The predicted molar refractivity (Wildman–Crippen MR) is 122 cm³/mol. The quantitative estimate of drug-likeness (QED) is 0.305. The number of nitrogens with one attached hydrogen (secondary N) is 3. The van der Waals surface area contributed by atoms with Gasteiger partial charge >= 0.3 is 0 Å². The van der Waals surface area contributed by atoms with E-state index < -0.39 is 0 Å². The number of anilines is 1. The van der Waals surface area contributed by atoms with Crippen LogP contribution in [0.1, 0.15) is 17.7 Å². The van der Waals surface area contributed by atoms with Crippen molar-refractivity contribution in [3.05, 3.63) is 57.7 Å². The smallest absolute Gasteiger partial charge is 0.227 e. The lowest BCUT2D eigenvalue weighted by molar-refractivity contribution is -0.116. The number of amides is 1. The third kappa shape index (κ3) is 8.32. The van der Waals surface area contributed by atoms with Crippen LogP contribution in [0.4, 0.5) is 5.82 Å². The molecule has 0 aliphatic carbocycles. The fourth-order valence-corrected chi connectivity index (χ4v) is 2.65. The number of halogens is 3. The molecule has 0 atom stereocenters. The molecule has 2 rings (SSSR count). The van der Waals surface area contributed by atoms with Crippen molar-refractivity contribution >= 4 is 64.9 Å². The maximum absolute atomic E-state index is 12.0. The molecule has 27 heavy (non-hydrogen) atoms. The van der Waals surface area contributed by atoms with Crippen molar-refractivity contribution < 1.29 is 4.79 Å². The molecule has 0 saturated carbocycles. The number of pyridine rings is 1. The first kappa shape index (κ1) is 23.5. The summed E-state index contributed by atoms with van der Waals surface area (Å²) in [4.78, 5) is 20.3. The number of nitrogens with zero attached hydrogens (tertiary/aromatic N) is 2. The second-order valence-electron chi connectivity index (χ2n) is 5.55. The number of carbonyl (C=O) groups is 1. The number of aromatic nitrogens is 1. The summed E-state index contributed by atoms with van der Waals surface area (Å²) in [6, 6.07) is 10.8. The highest BCUT2D eigenvalue weighted by Gasteiger charge is 2.06. The maximum Gasteiger partial charge on any atom is 0.227 e. The Morgan fingerprint density at radius 3 is 2.63 bits per heavy atom. The first-order valence-corrected chi connectivity index (χ1v) is 8.85. The van der Waals surface area contributed by atoms with Gasteiger partial charge in [0.1, 0.15) is 5.82 Å². The van der Waals surface area contributed by atoms with E-state index >= 15 is 0 Å². The predicted octanol–water partition coefficient (Wildman–Crippen LogP) is 4.01. The summed E-state index contributed by atoms with van der Waals surface area (Å²) in [5.74, 6) is 1.01. The molecule has 0 spiro atoms. The van der Waals surface area contributed by atoms with Gasteiger partial charge in [-0.3, -0.25) is 9.79 Å². The van der Waals surface area contributed by atoms with Crippen molar-refractivity contribution in [1.29, 1.82) is 0 Å². The van der Waals surface area contributed by atoms with Crippen molar-refractivity contribution in [3.8, 4) is 0 Å². The molecule has 1 heterocycles. The Morgan fingerprint density at radius 2 is 1.96 bits per heavy atom. The van der Waals surface area contributed by atoms with Crippen LogP contribution in [-0.2, 0) is 11.3 Å². The van der Waals surface area contributed by atoms with Crippen LogP contribution < -0.4 is 16.0 Å². The minimum absolute atomic E-state index is 0. The van der Waals surface area contributed by atoms with Crippen molar-refractivity contribution in [2.24, 2.45) is 4.99 Å². The molecule has 0 aliphatic rings. The van der Waals surface area contributed by atoms with Gasteiger partial charge in [0.2, 0.25) is 5.91 Å². The number of aliphatic imine (C=N–C) groups is 1. The van der Waals surface area contributed by atoms with Crippen LogP contribution in [0.5, 0.6) is 0 Å². The molecule has 3 N–H and O–H groups in total. The van der Waals surface area contributed by atoms with Crippen molar-refractivity contribution in [1.82, 2.24) is 15.6 Å². The molecule has 2 aromatic rings. The largest absolute Gasteiger partial charge is 0.356 e. The zero-order valence-electron chi connectivity index (χ0n) is 15.1. The average Bonchev–Trinajstić information content (AvgIpc) is 2.59. The van der Waals surface area contributed by atoms with Gasteiger partial charge in [-0.1, -0.05) is 35.3 Å². The van der Waals surface area contributed by atoms with E-state index in [-0.39, 0.29) is 36.3 Å². The van der Waals surface area contributed by atoms with E-state index in [0.29, 0.717) is 34.9 Å². The number of carbonyl (C=O) groups excluding carboxylic acids is 1. The van der Waals surface area contributed by atoms with Gasteiger partial charge in [-0.15, -0.1) is 24.0 Å². The molecule has 0 bridgehead atoms. The molecular formula is C18H22Cl2IN5O. The summed E-state index contributed by atoms with van der Waals surface area (Å²) in [6.07, 6.45) is 0.290. The average molecular weight is 522 g/mol. The van der Waals surface area contributed by atoms with E-state index in [1.54, 1.807) is 25.2 Å². The first-order valence-electron chi connectivity index (χ1n) is 8.10. The maximum atomic E-state index is 12.0. The van der Waals surface area contributed by atoms with E-state index in [0.717, 1.165) is 11.3 Å². The van der Waals surface area contributed by atoms with Crippen molar-refractivity contribution in [2.75, 3.05) is 18.9 Å². The van der Waals surface area contributed by atoms with E-state index in [9.17, 15) is 4.79 Å². The van der Waals surface area contributed by atoms with Crippen LogP contribution in [0, 0.1) is 6.92 Å². The van der Waals surface area contributed by atoms with Gasteiger partial charge in [0, 0.05) is 42.3 Å². The summed E-state index contributed by atoms with van der Waals surface area (Å²) in [5, 5.41) is 10.2. The summed E-state index contributed by atoms with van der Waals surface area (Å²) in [7, 11) is 1.66. The molecular weight excluding hydrogens is 500 g/mol. The Kier molecular flexibility index (Phi) is 10.4. The summed E-state index contributed by atoms with van der Waals surface area (Å²) < 4.78 is 0.